The SMILES string of the molecule is Cc1ccc([C@@H](NC(=O)c2ccc(CN(c3cccc(Cl)c3Cl)S(C)(=O)=O)cc2)c2ccccc2)cc1. The zero-order valence-corrected chi connectivity index (χ0v) is 22.7. The maximum atomic E-state index is 13.2. The van der Waals surface area contributed by atoms with Gasteiger partial charge in [0.05, 0.1) is 34.6 Å². The highest BCUT2D eigenvalue weighted by atomic mass is 35.5. The summed E-state index contributed by atoms with van der Waals surface area (Å²) in [5, 5.41) is 3.56. The van der Waals surface area contributed by atoms with Crippen LogP contribution in [-0.4, -0.2) is 20.6 Å². The Hall–Kier alpha value is -3.32. The predicted octanol–water partition coefficient (Wildman–Crippen LogP) is 6.79. The van der Waals surface area contributed by atoms with Crippen LogP contribution < -0.4 is 9.62 Å². The van der Waals surface area contributed by atoms with Crippen molar-refractivity contribution in [3.05, 3.63) is 135 Å². The van der Waals surface area contributed by atoms with E-state index >= 15 is 0 Å². The molecule has 4 aromatic carbocycles. The molecule has 0 radical (unpaired) electrons. The van der Waals surface area contributed by atoms with Crippen molar-refractivity contribution >= 4 is 44.8 Å². The largest absolute Gasteiger partial charge is 0.341 e. The first-order valence-corrected chi connectivity index (χ1v) is 14.2. The molecular weight excluding hydrogens is 527 g/mol. The zero-order chi connectivity index (χ0) is 26.6. The lowest BCUT2D eigenvalue weighted by molar-refractivity contribution is 0.0943. The topological polar surface area (TPSA) is 66.5 Å². The monoisotopic (exact) mass is 552 g/mol. The quantitative estimate of drug-likeness (QED) is 0.261. The summed E-state index contributed by atoms with van der Waals surface area (Å²) in [6.45, 7) is 2.06. The number of rotatable bonds is 8. The third kappa shape index (κ3) is 6.52. The van der Waals surface area contributed by atoms with E-state index in [2.05, 4.69) is 5.32 Å². The molecule has 1 amide bonds. The van der Waals surface area contributed by atoms with Gasteiger partial charge in [-0.2, -0.15) is 0 Å². The first kappa shape index (κ1) is 26.7. The summed E-state index contributed by atoms with van der Waals surface area (Å²) in [4.78, 5) is 13.2. The summed E-state index contributed by atoms with van der Waals surface area (Å²) >= 11 is 12.4. The molecule has 0 saturated heterocycles. The fourth-order valence-corrected chi connectivity index (χ4v) is 5.31. The highest BCUT2D eigenvalue weighted by Crippen LogP contribution is 2.34. The van der Waals surface area contributed by atoms with Gasteiger partial charge in [0.15, 0.2) is 0 Å². The molecule has 190 valence electrons. The molecule has 0 unspecified atom stereocenters. The summed E-state index contributed by atoms with van der Waals surface area (Å²) in [5.41, 5.74) is 4.53. The minimum atomic E-state index is -3.65. The van der Waals surface area contributed by atoms with E-state index in [1.54, 1.807) is 42.5 Å². The molecule has 4 rings (SSSR count). The van der Waals surface area contributed by atoms with Gasteiger partial charge in [-0.1, -0.05) is 102 Å². The van der Waals surface area contributed by atoms with Crippen LogP contribution in [0.15, 0.2) is 97.1 Å². The van der Waals surface area contributed by atoms with Crippen LogP contribution in [0.3, 0.4) is 0 Å². The molecule has 0 bridgehead atoms. The Morgan fingerprint density at radius 3 is 2.08 bits per heavy atom. The molecular formula is C29H26Cl2N2O3S. The molecule has 0 heterocycles. The summed E-state index contributed by atoms with van der Waals surface area (Å²) in [5.74, 6) is -0.237. The standard InChI is InChI=1S/C29H26Cl2N2O3S/c1-20-11-15-23(16-12-20)28(22-7-4-3-5-8-22)32-29(34)24-17-13-21(14-18-24)19-33(37(2,35)36)26-10-6-9-25(30)27(26)31/h3-18,28H,19H2,1-2H3,(H,32,34)/t28-/m0/s1. The number of aryl methyl sites for hydroxylation is 1. The molecule has 5 nitrogen and oxygen atoms in total. The normalized spacial score (nSPS) is 12.1. The van der Waals surface area contributed by atoms with E-state index in [0.717, 1.165) is 22.9 Å². The lowest BCUT2D eigenvalue weighted by atomic mass is 9.97. The van der Waals surface area contributed by atoms with Crippen LogP contribution in [0.4, 0.5) is 5.69 Å². The van der Waals surface area contributed by atoms with E-state index < -0.39 is 10.0 Å². The molecule has 1 atom stereocenters. The molecule has 0 spiro atoms. The first-order valence-electron chi connectivity index (χ1n) is 11.6. The maximum Gasteiger partial charge on any atom is 0.252 e. The highest BCUT2D eigenvalue weighted by Gasteiger charge is 2.22. The fraction of sp³-hybridized carbons (Fsp3) is 0.138. The third-order valence-corrected chi connectivity index (χ3v) is 7.90. The van der Waals surface area contributed by atoms with Gasteiger partial charge in [-0.15, -0.1) is 0 Å². The fourth-order valence-electron chi connectivity index (χ4n) is 3.97. The van der Waals surface area contributed by atoms with E-state index in [4.69, 9.17) is 23.2 Å². The second-order valence-corrected chi connectivity index (χ2v) is 11.5. The Balaban J connectivity index is 1.56. The van der Waals surface area contributed by atoms with E-state index in [1.807, 2.05) is 61.5 Å². The molecule has 8 heteroatoms. The van der Waals surface area contributed by atoms with Crippen LogP contribution >= 0.6 is 23.2 Å². The van der Waals surface area contributed by atoms with Gasteiger partial charge in [-0.3, -0.25) is 9.10 Å². The number of hydrogen-bond acceptors (Lipinski definition) is 3. The van der Waals surface area contributed by atoms with Crippen LogP contribution in [0.1, 0.15) is 38.7 Å². The molecule has 0 fully saturated rings. The first-order chi connectivity index (χ1) is 17.6. The number of amides is 1. The van der Waals surface area contributed by atoms with E-state index in [-0.39, 0.29) is 28.5 Å². The van der Waals surface area contributed by atoms with Crippen molar-refractivity contribution in [2.75, 3.05) is 10.6 Å². The van der Waals surface area contributed by atoms with Gasteiger partial charge in [0, 0.05) is 5.56 Å². The van der Waals surface area contributed by atoms with Crippen molar-refractivity contribution in [3.63, 3.8) is 0 Å². The number of hydrogen-bond donors (Lipinski definition) is 1. The van der Waals surface area contributed by atoms with Crippen molar-refractivity contribution in [2.45, 2.75) is 19.5 Å². The Morgan fingerprint density at radius 1 is 0.838 bits per heavy atom. The average Bonchev–Trinajstić information content (AvgIpc) is 2.88. The summed E-state index contributed by atoms with van der Waals surface area (Å²) in [6, 6.07) is 29.2. The second-order valence-electron chi connectivity index (χ2n) is 8.77. The molecule has 0 aromatic heterocycles. The smallest absolute Gasteiger partial charge is 0.252 e. The lowest BCUT2D eigenvalue weighted by Gasteiger charge is -2.24. The number of nitrogens with zero attached hydrogens (tertiary/aromatic N) is 1. The van der Waals surface area contributed by atoms with Crippen molar-refractivity contribution in [1.82, 2.24) is 5.32 Å². The predicted molar refractivity (Wildman–Crippen MR) is 151 cm³/mol. The van der Waals surface area contributed by atoms with Crippen molar-refractivity contribution in [1.29, 1.82) is 0 Å². The van der Waals surface area contributed by atoms with Crippen LogP contribution in [0.2, 0.25) is 10.0 Å². The van der Waals surface area contributed by atoms with E-state index in [0.29, 0.717) is 16.8 Å². The van der Waals surface area contributed by atoms with Crippen LogP contribution in [-0.2, 0) is 16.6 Å². The molecule has 0 aliphatic heterocycles. The molecule has 1 N–H and O–H groups in total. The summed E-state index contributed by atoms with van der Waals surface area (Å²) in [6.07, 6.45) is 1.11. The Kier molecular flexibility index (Phi) is 8.22. The average molecular weight is 554 g/mol. The lowest BCUT2D eigenvalue weighted by Crippen LogP contribution is -2.30. The molecule has 0 aliphatic carbocycles. The Bertz CT molecular complexity index is 1490. The van der Waals surface area contributed by atoms with Gasteiger partial charge in [-0.05, 0) is 47.9 Å². The van der Waals surface area contributed by atoms with Gasteiger partial charge in [-0.25, -0.2) is 8.42 Å². The molecule has 37 heavy (non-hydrogen) atoms. The van der Waals surface area contributed by atoms with Gasteiger partial charge in [0.1, 0.15) is 0 Å². The molecule has 0 saturated carbocycles. The molecule has 0 aliphatic rings. The third-order valence-electron chi connectivity index (χ3n) is 5.96. The van der Waals surface area contributed by atoms with Crippen LogP contribution in [0.5, 0.6) is 0 Å². The van der Waals surface area contributed by atoms with Crippen molar-refractivity contribution in [3.8, 4) is 0 Å². The highest BCUT2D eigenvalue weighted by molar-refractivity contribution is 7.92. The van der Waals surface area contributed by atoms with Crippen molar-refractivity contribution < 1.29 is 13.2 Å². The number of carbonyl (C=O) groups excluding carboxylic acids is 1. The number of benzene rings is 4. The van der Waals surface area contributed by atoms with Gasteiger partial charge in [0.2, 0.25) is 10.0 Å². The molecule has 4 aromatic rings. The number of halogens is 2. The maximum absolute atomic E-state index is 13.2. The van der Waals surface area contributed by atoms with Gasteiger partial charge >= 0.3 is 0 Å². The Morgan fingerprint density at radius 2 is 1.46 bits per heavy atom. The van der Waals surface area contributed by atoms with Gasteiger partial charge in [0.25, 0.3) is 5.91 Å². The summed E-state index contributed by atoms with van der Waals surface area (Å²) < 4.78 is 26.3. The van der Waals surface area contributed by atoms with Crippen LogP contribution in [0.25, 0.3) is 0 Å². The summed E-state index contributed by atoms with van der Waals surface area (Å²) in [7, 11) is -3.65. The number of anilines is 1. The minimum absolute atomic E-state index is 0.0385. The second kappa shape index (κ2) is 11.4. The minimum Gasteiger partial charge on any atom is -0.341 e. The number of nitrogens with one attached hydrogen (secondary N) is 1. The van der Waals surface area contributed by atoms with Crippen molar-refractivity contribution in [2.24, 2.45) is 0 Å². The number of carbonyl (C=O) groups is 1. The Labute approximate surface area is 227 Å². The van der Waals surface area contributed by atoms with E-state index in [1.165, 1.54) is 4.31 Å². The number of sulfonamides is 1. The van der Waals surface area contributed by atoms with Crippen LogP contribution in [0, 0.1) is 6.92 Å². The zero-order valence-electron chi connectivity index (χ0n) is 20.4. The van der Waals surface area contributed by atoms with Gasteiger partial charge < -0.3 is 5.32 Å². The van der Waals surface area contributed by atoms with E-state index in [9.17, 15) is 13.2 Å².